The van der Waals surface area contributed by atoms with Gasteiger partial charge in [-0.05, 0) is 17.2 Å². The second-order valence-electron chi connectivity index (χ2n) is 4.38. The first kappa shape index (κ1) is 15.0. The number of carbonyl (C=O) groups excluding carboxylic acids is 1. The Balaban J connectivity index is 2.56. The second kappa shape index (κ2) is 6.37. The van der Waals surface area contributed by atoms with Gasteiger partial charge in [0.2, 0.25) is 0 Å². The second-order valence-corrected chi connectivity index (χ2v) is 4.72. The van der Waals surface area contributed by atoms with E-state index in [1.807, 2.05) is 30.3 Å². The molecule has 0 heterocycles. The van der Waals surface area contributed by atoms with Crippen LogP contribution in [0, 0.1) is 10.1 Å². The highest BCUT2D eigenvalue weighted by Gasteiger charge is 2.21. The number of halogens is 1. The third-order valence-electron chi connectivity index (χ3n) is 3.01. The van der Waals surface area contributed by atoms with Crippen LogP contribution in [0.5, 0.6) is 5.75 Å². The van der Waals surface area contributed by atoms with Crippen molar-refractivity contribution in [3.8, 4) is 5.75 Å². The van der Waals surface area contributed by atoms with Gasteiger partial charge < -0.3 is 4.74 Å². The number of hydrogen-bond acceptors (Lipinski definition) is 4. The topological polar surface area (TPSA) is 69.4 Å². The standard InChI is InChI=1S/C15H12ClNO4/c1-21-14-11(7-10-5-3-2-4-6-10)8-12(17(19)20)9-13(14)15(16)18/h2-6,8-9H,7H2,1H3. The fourth-order valence-electron chi connectivity index (χ4n) is 2.11. The molecule has 21 heavy (non-hydrogen) atoms. The van der Waals surface area contributed by atoms with Crippen LogP contribution in [0.1, 0.15) is 21.5 Å². The van der Waals surface area contributed by atoms with Crippen LogP contribution in [0.2, 0.25) is 0 Å². The zero-order valence-electron chi connectivity index (χ0n) is 11.2. The summed E-state index contributed by atoms with van der Waals surface area (Å²) in [6, 6.07) is 11.9. The van der Waals surface area contributed by atoms with Crippen LogP contribution in [-0.4, -0.2) is 17.3 Å². The maximum absolute atomic E-state index is 11.5. The van der Waals surface area contributed by atoms with E-state index in [0.29, 0.717) is 12.0 Å². The van der Waals surface area contributed by atoms with Gasteiger partial charge in [-0.15, -0.1) is 0 Å². The van der Waals surface area contributed by atoms with Crippen LogP contribution < -0.4 is 4.74 Å². The average molecular weight is 306 g/mol. The molecule has 2 aromatic carbocycles. The molecule has 0 N–H and O–H groups in total. The van der Waals surface area contributed by atoms with Gasteiger partial charge in [0, 0.05) is 24.1 Å². The number of carbonyl (C=O) groups is 1. The molecule has 0 fully saturated rings. The Labute approximate surface area is 126 Å². The number of non-ortho nitro benzene ring substituents is 1. The lowest BCUT2D eigenvalue weighted by Gasteiger charge is -2.11. The zero-order chi connectivity index (χ0) is 15.4. The van der Waals surface area contributed by atoms with Crippen LogP contribution in [0.25, 0.3) is 0 Å². The maximum atomic E-state index is 11.5. The summed E-state index contributed by atoms with van der Waals surface area (Å²) >= 11 is 5.50. The maximum Gasteiger partial charge on any atom is 0.270 e. The number of methoxy groups -OCH3 is 1. The summed E-state index contributed by atoms with van der Waals surface area (Å²) in [5.41, 5.74) is 1.30. The van der Waals surface area contributed by atoms with Gasteiger partial charge in [-0.3, -0.25) is 14.9 Å². The highest BCUT2D eigenvalue weighted by Crippen LogP contribution is 2.32. The molecule has 0 atom stereocenters. The van der Waals surface area contributed by atoms with Crippen LogP contribution in [0.15, 0.2) is 42.5 Å². The van der Waals surface area contributed by atoms with Gasteiger partial charge >= 0.3 is 0 Å². The molecule has 2 rings (SSSR count). The van der Waals surface area contributed by atoms with E-state index in [1.54, 1.807) is 0 Å². The molecule has 108 valence electrons. The normalized spacial score (nSPS) is 10.2. The summed E-state index contributed by atoms with van der Waals surface area (Å²) in [6.07, 6.45) is 0.406. The average Bonchev–Trinajstić information content (AvgIpc) is 2.47. The SMILES string of the molecule is COc1c(Cc2ccccc2)cc([N+](=O)[O-])cc1C(=O)Cl. The Hall–Kier alpha value is -2.40. The lowest BCUT2D eigenvalue weighted by Crippen LogP contribution is -2.03. The fraction of sp³-hybridized carbons (Fsp3) is 0.133. The van der Waals surface area contributed by atoms with E-state index in [1.165, 1.54) is 13.2 Å². The van der Waals surface area contributed by atoms with Gasteiger partial charge in [0.25, 0.3) is 10.9 Å². The molecule has 0 aliphatic carbocycles. The van der Waals surface area contributed by atoms with Crippen molar-refractivity contribution in [2.24, 2.45) is 0 Å². The summed E-state index contributed by atoms with van der Waals surface area (Å²) in [6.45, 7) is 0. The van der Waals surface area contributed by atoms with Crippen molar-refractivity contribution >= 4 is 22.5 Å². The first-order valence-corrected chi connectivity index (χ1v) is 6.49. The zero-order valence-corrected chi connectivity index (χ0v) is 12.0. The molecule has 0 aliphatic rings. The number of benzene rings is 2. The highest BCUT2D eigenvalue weighted by atomic mass is 35.5. The van der Waals surface area contributed by atoms with E-state index in [2.05, 4.69) is 0 Å². The molecule has 0 saturated heterocycles. The quantitative estimate of drug-likeness (QED) is 0.481. The summed E-state index contributed by atoms with van der Waals surface area (Å²) in [4.78, 5) is 21.9. The highest BCUT2D eigenvalue weighted by molar-refractivity contribution is 6.68. The lowest BCUT2D eigenvalue weighted by atomic mass is 10.0. The molecule has 5 nitrogen and oxygen atoms in total. The predicted octanol–water partition coefficient (Wildman–Crippen LogP) is 3.57. The van der Waals surface area contributed by atoms with Crippen molar-refractivity contribution in [1.29, 1.82) is 0 Å². The molecule has 0 unspecified atom stereocenters. The Morgan fingerprint density at radius 1 is 1.29 bits per heavy atom. The number of ether oxygens (including phenoxy) is 1. The van der Waals surface area contributed by atoms with Crippen LogP contribution >= 0.6 is 11.6 Å². The van der Waals surface area contributed by atoms with E-state index in [0.717, 1.165) is 11.6 Å². The summed E-state index contributed by atoms with van der Waals surface area (Å²) in [5, 5.41) is 10.2. The van der Waals surface area contributed by atoms with Gasteiger partial charge in [0.1, 0.15) is 5.75 Å². The monoisotopic (exact) mass is 305 g/mol. The number of hydrogen-bond donors (Lipinski definition) is 0. The van der Waals surface area contributed by atoms with E-state index >= 15 is 0 Å². The minimum atomic E-state index is -0.787. The van der Waals surface area contributed by atoms with Crippen LogP contribution in [0.4, 0.5) is 5.69 Å². The largest absolute Gasteiger partial charge is 0.496 e. The molecule has 6 heteroatoms. The third-order valence-corrected chi connectivity index (χ3v) is 3.22. The van der Waals surface area contributed by atoms with E-state index in [9.17, 15) is 14.9 Å². The molecule has 0 amide bonds. The van der Waals surface area contributed by atoms with Crippen molar-refractivity contribution in [3.63, 3.8) is 0 Å². The lowest BCUT2D eigenvalue weighted by molar-refractivity contribution is -0.384. The summed E-state index contributed by atoms with van der Waals surface area (Å²) < 4.78 is 5.22. The number of rotatable bonds is 5. The first-order chi connectivity index (χ1) is 10.0. The molecule has 0 spiro atoms. The number of nitro benzene ring substituents is 1. The van der Waals surface area contributed by atoms with Crippen LogP contribution in [0.3, 0.4) is 0 Å². The molecule has 0 radical (unpaired) electrons. The van der Waals surface area contributed by atoms with E-state index in [4.69, 9.17) is 16.3 Å². The Kier molecular flexibility index (Phi) is 4.55. The molecule has 0 aromatic heterocycles. The van der Waals surface area contributed by atoms with Crippen molar-refractivity contribution in [2.75, 3.05) is 7.11 Å². The van der Waals surface area contributed by atoms with Gasteiger partial charge in [-0.2, -0.15) is 0 Å². The van der Waals surface area contributed by atoms with Gasteiger partial charge in [0.05, 0.1) is 17.6 Å². The predicted molar refractivity (Wildman–Crippen MR) is 79.1 cm³/mol. The molecule has 0 bridgehead atoms. The summed E-state index contributed by atoms with van der Waals surface area (Å²) in [5.74, 6) is 0.268. The van der Waals surface area contributed by atoms with Crippen molar-refractivity contribution < 1.29 is 14.5 Å². The minimum absolute atomic E-state index is 0.000650. The molecule has 0 saturated carbocycles. The molecule has 2 aromatic rings. The smallest absolute Gasteiger partial charge is 0.270 e. The van der Waals surface area contributed by atoms with Crippen molar-refractivity contribution in [1.82, 2.24) is 0 Å². The molecular weight excluding hydrogens is 294 g/mol. The Bertz CT molecular complexity index is 686. The summed E-state index contributed by atoms with van der Waals surface area (Å²) in [7, 11) is 1.40. The first-order valence-electron chi connectivity index (χ1n) is 6.12. The fourth-order valence-corrected chi connectivity index (χ4v) is 2.25. The Morgan fingerprint density at radius 3 is 2.48 bits per heavy atom. The van der Waals surface area contributed by atoms with Gasteiger partial charge in [0.15, 0.2) is 0 Å². The third kappa shape index (κ3) is 3.38. The van der Waals surface area contributed by atoms with E-state index in [-0.39, 0.29) is 17.0 Å². The molecule has 0 aliphatic heterocycles. The minimum Gasteiger partial charge on any atom is -0.496 e. The van der Waals surface area contributed by atoms with E-state index < -0.39 is 10.2 Å². The Morgan fingerprint density at radius 2 is 1.95 bits per heavy atom. The van der Waals surface area contributed by atoms with Crippen molar-refractivity contribution in [3.05, 3.63) is 69.3 Å². The molecular formula is C15H12ClNO4. The van der Waals surface area contributed by atoms with Crippen LogP contribution in [-0.2, 0) is 6.42 Å². The van der Waals surface area contributed by atoms with Gasteiger partial charge in [-0.25, -0.2) is 0 Å². The van der Waals surface area contributed by atoms with Gasteiger partial charge in [-0.1, -0.05) is 30.3 Å². The number of nitro groups is 1. The van der Waals surface area contributed by atoms with Crippen molar-refractivity contribution in [2.45, 2.75) is 6.42 Å². The number of nitrogens with zero attached hydrogens (tertiary/aromatic N) is 1.